The molecule has 1 unspecified atom stereocenters. The van der Waals surface area contributed by atoms with Crippen LogP contribution < -0.4 is 5.69 Å². The number of rotatable bonds is 4. The Morgan fingerprint density at radius 1 is 1.59 bits per heavy atom. The molecule has 3 N–H and O–H groups in total. The number of hydrogen-bond acceptors (Lipinski definition) is 7. The van der Waals surface area contributed by atoms with E-state index in [0.717, 1.165) is 4.57 Å². The monoisotopic (exact) mass is 312 g/mol. The summed E-state index contributed by atoms with van der Waals surface area (Å²) in [5.41, 5.74) is -2.41. The maximum absolute atomic E-state index is 12.1. The summed E-state index contributed by atoms with van der Waals surface area (Å²) < 4.78 is 6.43. The van der Waals surface area contributed by atoms with Crippen molar-refractivity contribution in [3.63, 3.8) is 0 Å². The maximum Gasteiger partial charge on any atom is 0.351 e. The molecule has 2 heterocycles. The Labute approximate surface area is 127 Å². The minimum Gasteiger partial charge on any atom is -0.394 e. The number of aliphatic hydroxyl groups excluding tert-OH is 2. The molecular weight excluding hydrogens is 292 g/mol. The molecule has 0 saturated carbocycles. The number of aromatic nitrogens is 2. The highest BCUT2D eigenvalue weighted by atomic mass is 16.6. The predicted molar refractivity (Wildman–Crippen MR) is 78.0 cm³/mol. The fourth-order valence-corrected chi connectivity index (χ4v) is 2.22. The lowest BCUT2D eigenvalue weighted by Crippen LogP contribution is -2.46. The van der Waals surface area contributed by atoms with E-state index in [1.165, 1.54) is 25.5 Å². The Morgan fingerprint density at radius 2 is 2.27 bits per heavy atom. The van der Waals surface area contributed by atoms with Gasteiger partial charge in [-0.25, -0.2) is 9.79 Å². The van der Waals surface area contributed by atoms with Crippen molar-refractivity contribution in [1.29, 1.82) is 0 Å². The van der Waals surface area contributed by atoms with Gasteiger partial charge in [-0.05, 0) is 13.0 Å². The summed E-state index contributed by atoms with van der Waals surface area (Å²) in [5, 5.41) is 29.4. The summed E-state index contributed by atoms with van der Waals surface area (Å²) in [6.07, 6.45) is -0.561. The van der Waals surface area contributed by atoms with Crippen molar-refractivity contribution < 1.29 is 20.1 Å². The molecule has 1 aliphatic heterocycles. The smallest absolute Gasteiger partial charge is 0.351 e. The number of nitrogens with zero attached hydrogens (tertiary/aromatic N) is 4. The zero-order chi connectivity index (χ0) is 16.5. The van der Waals surface area contributed by atoms with Crippen LogP contribution in [0.4, 0.5) is 5.82 Å². The molecule has 1 saturated heterocycles. The van der Waals surface area contributed by atoms with E-state index in [2.05, 4.69) is 9.98 Å². The third-order valence-electron chi connectivity index (χ3n) is 3.42. The molecule has 122 valence electrons. The highest BCUT2D eigenvalue weighted by molar-refractivity contribution is 5.58. The molecule has 1 aromatic rings. The van der Waals surface area contributed by atoms with Crippen LogP contribution in [0.1, 0.15) is 13.2 Å². The number of ether oxygens (including phenoxy) is 1. The lowest BCUT2D eigenvalue weighted by Gasteiger charge is -2.27. The van der Waals surface area contributed by atoms with Gasteiger partial charge < -0.3 is 25.0 Å². The van der Waals surface area contributed by atoms with Gasteiger partial charge in [-0.15, -0.1) is 0 Å². The van der Waals surface area contributed by atoms with Gasteiger partial charge in [0.25, 0.3) is 0 Å². The van der Waals surface area contributed by atoms with E-state index in [1.54, 1.807) is 19.0 Å². The van der Waals surface area contributed by atoms with E-state index in [1.807, 2.05) is 0 Å². The average Bonchev–Trinajstić information content (AvgIpc) is 2.68. The van der Waals surface area contributed by atoms with Gasteiger partial charge in [-0.2, -0.15) is 4.98 Å². The summed E-state index contributed by atoms with van der Waals surface area (Å²) >= 11 is 0. The molecule has 1 fully saturated rings. The molecule has 1 aromatic heterocycles. The van der Waals surface area contributed by atoms with Crippen LogP contribution in [0.2, 0.25) is 0 Å². The largest absolute Gasteiger partial charge is 0.394 e. The number of aliphatic hydroxyl groups is 3. The predicted octanol–water partition coefficient (Wildman–Crippen LogP) is -1.53. The first-order valence-electron chi connectivity index (χ1n) is 6.74. The van der Waals surface area contributed by atoms with Crippen LogP contribution in [-0.2, 0) is 4.74 Å². The zero-order valence-corrected chi connectivity index (χ0v) is 12.6. The summed E-state index contributed by atoms with van der Waals surface area (Å²) in [6, 6.07) is 1.49. The van der Waals surface area contributed by atoms with Gasteiger partial charge in [0, 0.05) is 20.3 Å². The van der Waals surface area contributed by atoms with Gasteiger partial charge in [-0.1, -0.05) is 0 Å². The third-order valence-corrected chi connectivity index (χ3v) is 3.42. The van der Waals surface area contributed by atoms with Crippen molar-refractivity contribution in [2.75, 3.05) is 20.7 Å². The second kappa shape index (κ2) is 6.13. The lowest BCUT2D eigenvalue weighted by molar-refractivity contribution is -0.0986. The first-order chi connectivity index (χ1) is 10.3. The van der Waals surface area contributed by atoms with Crippen LogP contribution in [0.5, 0.6) is 0 Å². The Hall–Kier alpha value is -1.81. The van der Waals surface area contributed by atoms with E-state index in [-0.39, 0.29) is 5.82 Å². The van der Waals surface area contributed by atoms with Gasteiger partial charge in [-0.3, -0.25) is 4.57 Å². The summed E-state index contributed by atoms with van der Waals surface area (Å²) in [7, 11) is 3.56. The van der Waals surface area contributed by atoms with Crippen molar-refractivity contribution >= 4 is 12.2 Å². The fourth-order valence-electron chi connectivity index (χ4n) is 2.22. The molecule has 2 rings (SSSR count). The van der Waals surface area contributed by atoms with Gasteiger partial charge in [0.15, 0.2) is 12.0 Å². The molecular formula is C13H20N4O5. The highest BCUT2D eigenvalue weighted by Gasteiger charge is 2.53. The van der Waals surface area contributed by atoms with Crippen molar-refractivity contribution in [2.45, 2.75) is 31.0 Å². The molecule has 1 aliphatic rings. The Morgan fingerprint density at radius 3 is 2.77 bits per heavy atom. The van der Waals surface area contributed by atoms with Gasteiger partial charge in [0.05, 0.1) is 12.9 Å². The third kappa shape index (κ3) is 3.02. The summed E-state index contributed by atoms with van der Waals surface area (Å²) in [4.78, 5) is 21.6. The van der Waals surface area contributed by atoms with Crippen LogP contribution in [0.15, 0.2) is 22.1 Å². The zero-order valence-electron chi connectivity index (χ0n) is 12.6. The quantitative estimate of drug-likeness (QED) is 0.455. The molecule has 0 amide bonds. The SMILES string of the molecule is CN(C)C=Nc1ccn([C@@H]2O[C@H](CO)C(O)[C@]2(C)O)c(=O)n1. The van der Waals surface area contributed by atoms with E-state index in [9.17, 15) is 15.0 Å². The van der Waals surface area contributed by atoms with Crippen LogP contribution >= 0.6 is 0 Å². The molecule has 0 bridgehead atoms. The fraction of sp³-hybridized carbons (Fsp3) is 0.615. The first kappa shape index (κ1) is 16.6. The van der Waals surface area contributed by atoms with E-state index in [0.29, 0.717) is 0 Å². The molecule has 0 spiro atoms. The molecule has 0 radical (unpaired) electrons. The highest BCUT2D eigenvalue weighted by Crippen LogP contribution is 2.37. The molecule has 4 atom stereocenters. The second-order valence-corrected chi connectivity index (χ2v) is 5.56. The van der Waals surface area contributed by atoms with Gasteiger partial charge in [0.2, 0.25) is 0 Å². The minimum absolute atomic E-state index is 0.215. The van der Waals surface area contributed by atoms with E-state index >= 15 is 0 Å². The lowest BCUT2D eigenvalue weighted by atomic mass is 9.96. The average molecular weight is 312 g/mol. The van der Waals surface area contributed by atoms with Crippen molar-refractivity contribution in [3.05, 3.63) is 22.7 Å². The maximum atomic E-state index is 12.1. The van der Waals surface area contributed by atoms with E-state index in [4.69, 9.17) is 9.84 Å². The molecule has 0 aromatic carbocycles. The molecule has 0 aliphatic carbocycles. The van der Waals surface area contributed by atoms with Crippen molar-refractivity contribution in [1.82, 2.24) is 14.5 Å². The van der Waals surface area contributed by atoms with Crippen LogP contribution in [-0.4, -0.2) is 74.6 Å². The summed E-state index contributed by atoms with van der Waals surface area (Å²) in [5.74, 6) is 0.215. The van der Waals surface area contributed by atoms with Gasteiger partial charge in [0.1, 0.15) is 17.8 Å². The Balaban J connectivity index is 2.32. The second-order valence-electron chi connectivity index (χ2n) is 5.56. The Bertz CT molecular complexity index is 613. The number of hydrogen-bond donors (Lipinski definition) is 3. The van der Waals surface area contributed by atoms with E-state index < -0.39 is 36.3 Å². The first-order valence-corrected chi connectivity index (χ1v) is 6.74. The molecule has 22 heavy (non-hydrogen) atoms. The van der Waals surface area contributed by atoms with Crippen LogP contribution in [0.3, 0.4) is 0 Å². The topological polar surface area (TPSA) is 120 Å². The number of aliphatic imine (C=N–C) groups is 1. The van der Waals surface area contributed by atoms with Crippen molar-refractivity contribution in [3.8, 4) is 0 Å². The van der Waals surface area contributed by atoms with Crippen molar-refractivity contribution in [2.24, 2.45) is 4.99 Å². The summed E-state index contributed by atoms with van der Waals surface area (Å²) in [6.45, 7) is 0.865. The van der Waals surface area contributed by atoms with Crippen LogP contribution in [0.25, 0.3) is 0 Å². The van der Waals surface area contributed by atoms with Crippen LogP contribution in [0, 0.1) is 0 Å². The minimum atomic E-state index is -1.73. The van der Waals surface area contributed by atoms with Gasteiger partial charge >= 0.3 is 5.69 Å². The normalized spacial score (nSPS) is 31.8. The molecule has 9 heteroatoms. The molecule has 9 nitrogen and oxygen atoms in total. The Kier molecular flexibility index (Phi) is 4.61. The standard InChI is InChI=1S/C13H20N4O5/c1-13(21)10(19)8(6-18)22-11(13)17-5-4-9(15-12(17)20)14-7-16(2)3/h4-5,7-8,10-11,18-19,21H,6H2,1-3H3/t8-,10?,11-,13+/m1/s1.